The fourth-order valence-corrected chi connectivity index (χ4v) is 2.56. The molecule has 0 spiro atoms. The maximum Gasteiger partial charge on any atom is 0.122 e. The Balaban J connectivity index is 1.89. The third kappa shape index (κ3) is 4.86. The van der Waals surface area contributed by atoms with Gasteiger partial charge in [0.05, 0.1) is 13.7 Å². The van der Waals surface area contributed by atoms with Gasteiger partial charge in [-0.15, -0.1) is 0 Å². The van der Waals surface area contributed by atoms with Crippen LogP contribution in [0.25, 0.3) is 0 Å². The molecule has 0 aliphatic carbocycles. The lowest BCUT2D eigenvalue weighted by atomic mass is 10.1. The summed E-state index contributed by atoms with van der Waals surface area (Å²) >= 11 is 0. The van der Waals surface area contributed by atoms with Crippen molar-refractivity contribution in [2.24, 2.45) is 0 Å². The van der Waals surface area contributed by atoms with Gasteiger partial charge in [0.15, 0.2) is 0 Å². The summed E-state index contributed by atoms with van der Waals surface area (Å²) < 4.78 is 10.6. The van der Waals surface area contributed by atoms with E-state index in [0.29, 0.717) is 12.6 Å². The van der Waals surface area contributed by atoms with Gasteiger partial charge in [0.2, 0.25) is 0 Å². The van der Waals surface area contributed by atoms with Crippen LogP contribution in [0.3, 0.4) is 0 Å². The molecule has 3 heteroatoms. The molecule has 1 unspecified atom stereocenters. The monoisotopic (exact) mass is 299 g/mol. The fourth-order valence-electron chi connectivity index (χ4n) is 2.56. The Morgan fingerprint density at radius 1 is 1.00 bits per heavy atom. The molecule has 0 aromatic heterocycles. The van der Waals surface area contributed by atoms with Gasteiger partial charge in [-0.2, -0.15) is 0 Å². The van der Waals surface area contributed by atoms with Crippen LogP contribution in [0.5, 0.6) is 5.75 Å². The van der Waals surface area contributed by atoms with Gasteiger partial charge in [-0.25, -0.2) is 0 Å². The van der Waals surface area contributed by atoms with Crippen LogP contribution >= 0.6 is 0 Å². The van der Waals surface area contributed by atoms with Crippen LogP contribution in [0.1, 0.15) is 23.6 Å². The highest BCUT2D eigenvalue weighted by Crippen LogP contribution is 2.19. The summed E-state index contributed by atoms with van der Waals surface area (Å²) in [4.78, 5) is 0. The van der Waals surface area contributed by atoms with E-state index < -0.39 is 0 Å². The molecule has 2 aromatic rings. The zero-order valence-corrected chi connectivity index (χ0v) is 13.6. The quantitative estimate of drug-likeness (QED) is 0.808. The molecule has 2 rings (SSSR count). The Kier molecular flexibility index (Phi) is 6.44. The second-order valence-electron chi connectivity index (χ2n) is 5.55. The van der Waals surface area contributed by atoms with Gasteiger partial charge >= 0.3 is 0 Å². The molecule has 0 bridgehead atoms. The van der Waals surface area contributed by atoms with E-state index in [4.69, 9.17) is 9.47 Å². The van der Waals surface area contributed by atoms with E-state index in [1.807, 2.05) is 12.1 Å². The van der Waals surface area contributed by atoms with Crippen molar-refractivity contribution in [2.75, 3.05) is 14.2 Å². The standard InChI is InChI=1S/C19H25NO2/c1-15(11-18-9-4-5-10-19(18)22-3)20-13-16-7-6-8-17(12-16)14-21-2/h4-10,12,15,20H,11,13-14H2,1-3H3. The number of methoxy groups -OCH3 is 2. The molecule has 3 nitrogen and oxygen atoms in total. The fraction of sp³-hybridized carbons (Fsp3) is 0.368. The van der Waals surface area contributed by atoms with Crippen molar-refractivity contribution in [1.82, 2.24) is 5.32 Å². The van der Waals surface area contributed by atoms with Crippen molar-refractivity contribution in [3.05, 3.63) is 65.2 Å². The molecule has 1 N–H and O–H groups in total. The SMILES string of the molecule is COCc1cccc(CNC(C)Cc2ccccc2OC)c1. The van der Waals surface area contributed by atoms with E-state index >= 15 is 0 Å². The first-order valence-electron chi connectivity index (χ1n) is 7.65. The molecule has 0 aliphatic heterocycles. The predicted molar refractivity (Wildman–Crippen MR) is 90.2 cm³/mol. The van der Waals surface area contributed by atoms with Crippen LogP contribution in [0.4, 0.5) is 0 Å². The minimum absolute atomic E-state index is 0.377. The second kappa shape index (κ2) is 8.57. The normalized spacial score (nSPS) is 12.1. The smallest absolute Gasteiger partial charge is 0.122 e. The third-order valence-electron chi connectivity index (χ3n) is 3.68. The summed E-state index contributed by atoms with van der Waals surface area (Å²) in [6.45, 7) is 3.71. The highest BCUT2D eigenvalue weighted by Gasteiger charge is 2.07. The average Bonchev–Trinajstić information content (AvgIpc) is 2.54. The molecule has 0 radical (unpaired) electrons. The summed E-state index contributed by atoms with van der Waals surface area (Å²) in [5.41, 5.74) is 3.72. The zero-order valence-electron chi connectivity index (χ0n) is 13.6. The second-order valence-corrected chi connectivity index (χ2v) is 5.55. The van der Waals surface area contributed by atoms with E-state index in [9.17, 15) is 0 Å². The first kappa shape index (κ1) is 16.5. The van der Waals surface area contributed by atoms with E-state index in [1.165, 1.54) is 16.7 Å². The van der Waals surface area contributed by atoms with Gasteiger partial charge in [0.1, 0.15) is 5.75 Å². The van der Waals surface area contributed by atoms with Crippen molar-refractivity contribution >= 4 is 0 Å². The summed E-state index contributed by atoms with van der Waals surface area (Å²) in [5, 5.41) is 3.57. The third-order valence-corrected chi connectivity index (χ3v) is 3.68. The summed E-state index contributed by atoms with van der Waals surface area (Å²) in [7, 11) is 3.44. The molecule has 0 fully saturated rings. The van der Waals surface area contributed by atoms with Gasteiger partial charge in [0, 0.05) is 19.7 Å². The topological polar surface area (TPSA) is 30.5 Å². The van der Waals surface area contributed by atoms with Crippen molar-refractivity contribution < 1.29 is 9.47 Å². The molecule has 2 aromatic carbocycles. The van der Waals surface area contributed by atoms with Crippen LogP contribution in [0, 0.1) is 0 Å². The first-order chi connectivity index (χ1) is 10.7. The molecular formula is C19H25NO2. The molecule has 0 aliphatic rings. The van der Waals surface area contributed by atoms with Crippen molar-refractivity contribution in [1.29, 1.82) is 0 Å². The van der Waals surface area contributed by atoms with E-state index in [1.54, 1.807) is 14.2 Å². The summed E-state index contributed by atoms with van der Waals surface area (Å²) in [5.74, 6) is 0.957. The van der Waals surface area contributed by atoms with E-state index in [2.05, 4.69) is 48.6 Å². The summed E-state index contributed by atoms with van der Waals surface area (Å²) in [6, 6.07) is 17.1. The number of benzene rings is 2. The Hall–Kier alpha value is -1.84. The Morgan fingerprint density at radius 3 is 2.55 bits per heavy atom. The first-order valence-corrected chi connectivity index (χ1v) is 7.65. The molecule has 1 atom stereocenters. The van der Waals surface area contributed by atoms with Crippen LogP contribution in [-0.4, -0.2) is 20.3 Å². The Bertz CT molecular complexity index is 583. The Morgan fingerprint density at radius 2 is 1.77 bits per heavy atom. The van der Waals surface area contributed by atoms with Crippen molar-refractivity contribution in [2.45, 2.75) is 32.5 Å². The van der Waals surface area contributed by atoms with Crippen LogP contribution < -0.4 is 10.1 Å². The van der Waals surface area contributed by atoms with Crippen molar-refractivity contribution in [3.8, 4) is 5.75 Å². The van der Waals surface area contributed by atoms with Crippen LogP contribution in [0.2, 0.25) is 0 Å². The molecule has 0 saturated carbocycles. The minimum Gasteiger partial charge on any atom is -0.496 e. The number of nitrogens with one attached hydrogen (secondary N) is 1. The van der Waals surface area contributed by atoms with Gasteiger partial charge in [0.25, 0.3) is 0 Å². The molecule has 118 valence electrons. The molecule has 0 saturated heterocycles. The van der Waals surface area contributed by atoms with Crippen molar-refractivity contribution in [3.63, 3.8) is 0 Å². The molecule has 22 heavy (non-hydrogen) atoms. The highest BCUT2D eigenvalue weighted by atomic mass is 16.5. The lowest BCUT2D eigenvalue weighted by molar-refractivity contribution is 0.185. The minimum atomic E-state index is 0.377. The molecule has 0 heterocycles. The number of hydrogen-bond acceptors (Lipinski definition) is 3. The van der Waals surface area contributed by atoms with E-state index in [0.717, 1.165) is 18.7 Å². The lowest BCUT2D eigenvalue weighted by Crippen LogP contribution is -2.27. The van der Waals surface area contributed by atoms with Gasteiger partial charge in [-0.1, -0.05) is 42.5 Å². The van der Waals surface area contributed by atoms with Gasteiger partial charge < -0.3 is 14.8 Å². The highest BCUT2D eigenvalue weighted by molar-refractivity contribution is 5.33. The van der Waals surface area contributed by atoms with Gasteiger partial charge in [-0.3, -0.25) is 0 Å². The summed E-state index contributed by atoms with van der Waals surface area (Å²) in [6.07, 6.45) is 0.946. The molecular weight excluding hydrogens is 274 g/mol. The Labute approximate surface area is 133 Å². The number of para-hydroxylation sites is 1. The maximum atomic E-state index is 5.41. The zero-order chi connectivity index (χ0) is 15.8. The number of hydrogen-bond donors (Lipinski definition) is 1. The predicted octanol–water partition coefficient (Wildman–Crippen LogP) is 3.56. The maximum absolute atomic E-state index is 5.41. The largest absolute Gasteiger partial charge is 0.496 e. The van der Waals surface area contributed by atoms with Crippen LogP contribution in [0.15, 0.2) is 48.5 Å². The number of ether oxygens (including phenoxy) is 2. The number of rotatable bonds is 8. The van der Waals surface area contributed by atoms with E-state index in [-0.39, 0.29) is 0 Å². The lowest BCUT2D eigenvalue weighted by Gasteiger charge is -2.16. The molecule has 0 amide bonds. The van der Waals surface area contributed by atoms with Gasteiger partial charge in [-0.05, 0) is 36.1 Å². The van der Waals surface area contributed by atoms with Crippen LogP contribution in [-0.2, 0) is 24.3 Å². The average molecular weight is 299 g/mol.